The van der Waals surface area contributed by atoms with E-state index in [1.165, 1.54) is 14.2 Å². The van der Waals surface area contributed by atoms with Gasteiger partial charge >= 0.3 is 5.97 Å². The molecule has 0 bridgehead atoms. The zero-order valence-electron chi connectivity index (χ0n) is 13.9. The van der Waals surface area contributed by atoms with Crippen LogP contribution in [0.4, 0.5) is 0 Å². The maximum atomic E-state index is 12.6. The molecule has 0 spiro atoms. The Morgan fingerprint density at radius 3 is 2.58 bits per heavy atom. The molecule has 2 N–H and O–H groups in total. The number of ether oxygens (including phenoxy) is 1. The number of rotatable bonds is 3. The van der Waals surface area contributed by atoms with Crippen molar-refractivity contribution in [2.75, 3.05) is 20.8 Å². The van der Waals surface area contributed by atoms with Crippen molar-refractivity contribution in [1.82, 2.24) is 20.0 Å². The Labute approximate surface area is 138 Å². The maximum absolute atomic E-state index is 12.6. The van der Waals surface area contributed by atoms with Crippen LogP contribution in [0.25, 0.3) is 0 Å². The van der Waals surface area contributed by atoms with Gasteiger partial charge in [-0.2, -0.15) is 5.10 Å². The largest absolute Gasteiger partial charge is 0.468 e. The summed E-state index contributed by atoms with van der Waals surface area (Å²) >= 11 is 0. The van der Waals surface area contributed by atoms with E-state index in [4.69, 9.17) is 4.74 Å². The fourth-order valence-corrected chi connectivity index (χ4v) is 3.92. The van der Waals surface area contributed by atoms with E-state index in [9.17, 15) is 19.5 Å². The van der Waals surface area contributed by atoms with Gasteiger partial charge in [0.2, 0.25) is 11.8 Å². The van der Waals surface area contributed by atoms with Gasteiger partial charge in [0.1, 0.15) is 0 Å². The zero-order chi connectivity index (χ0) is 17.8. The second-order valence-corrected chi connectivity index (χ2v) is 6.33. The first-order valence-corrected chi connectivity index (χ1v) is 7.57. The highest BCUT2D eigenvalue weighted by molar-refractivity contribution is 6.09. The first-order chi connectivity index (χ1) is 11.3. The average molecular weight is 336 g/mol. The summed E-state index contributed by atoms with van der Waals surface area (Å²) in [5, 5.41) is 17.2. The molecule has 0 saturated carbocycles. The first-order valence-electron chi connectivity index (χ1n) is 7.57. The van der Waals surface area contributed by atoms with E-state index >= 15 is 0 Å². The standard InChI is InChI=1S/C15H20N4O5/c1-7-8(5-18(2)17-7)11-9-10(13(22)19(3)12(9)21)15(6-20,16-11)14(23)24-4/h5,9-11,16,20H,6H2,1-4H3/t9-,10-,11-,15-/m0/s1. The molecule has 0 aromatic carbocycles. The number of aliphatic hydroxyl groups excluding tert-OH is 1. The van der Waals surface area contributed by atoms with Crippen molar-refractivity contribution in [1.29, 1.82) is 0 Å². The number of carbonyl (C=O) groups excluding carboxylic acids is 3. The molecule has 3 rings (SSSR count). The molecular weight excluding hydrogens is 316 g/mol. The Balaban J connectivity index is 2.16. The van der Waals surface area contributed by atoms with Gasteiger partial charge in [-0.05, 0) is 6.92 Å². The molecule has 24 heavy (non-hydrogen) atoms. The lowest BCUT2D eigenvalue weighted by atomic mass is 9.79. The number of amides is 2. The Kier molecular flexibility index (Phi) is 3.72. The molecule has 2 saturated heterocycles. The number of fused-ring (bicyclic) bond motifs is 1. The van der Waals surface area contributed by atoms with Crippen LogP contribution in [0.2, 0.25) is 0 Å². The number of likely N-dealkylation sites (tertiary alicyclic amines) is 1. The van der Waals surface area contributed by atoms with Crippen molar-refractivity contribution in [2.24, 2.45) is 18.9 Å². The molecule has 2 fully saturated rings. The van der Waals surface area contributed by atoms with Crippen LogP contribution >= 0.6 is 0 Å². The Morgan fingerprint density at radius 2 is 2.08 bits per heavy atom. The first kappa shape index (κ1) is 16.6. The smallest absolute Gasteiger partial charge is 0.329 e. The summed E-state index contributed by atoms with van der Waals surface area (Å²) in [5.74, 6) is -3.46. The van der Waals surface area contributed by atoms with Crippen LogP contribution in [-0.4, -0.2) is 63.9 Å². The minimum Gasteiger partial charge on any atom is -0.468 e. The third kappa shape index (κ3) is 1.94. The highest BCUT2D eigenvalue weighted by Gasteiger charge is 2.68. The number of aliphatic hydroxyl groups is 1. The predicted molar refractivity (Wildman–Crippen MR) is 80.4 cm³/mol. The summed E-state index contributed by atoms with van der Waals surface area (Å²) < 4.78 is 6.41. The third-order valence-electron chi connectivity index (χ3n) is 5.06. The van der Waals surface area contributed by atoms with Crippen LogP contribution in [0.3, 0.4) is 0 Å². The zero-order valence-corrected chi connectivity index (χ0v) is 13.9. The second kappa shape index (κ2) is 5.38. The molecule has 2 aliphatic rings. The van der Waals surface area contributed by atoms with Crippen LogP contribution in [0.1, 0.15) is 17.3 Å². The topological polar surface area (TPSA) is 114 Å². The van der Waals surface area contributed by atoms with Gasteiger partial charge in [-0.25, -0.2) is 4.79 Å². The van der Waals surface area contributed by atoms with Crippen LogP contribution in [0.15, 0.2) is 6.20 Å². The van der Waals surface area contributed by atoms with Crippen molar-refractivity contribution in [3.05, 3.63) is 17.5 Å². The van der Waals surface area contributed by atoms with Gasteiger partial charge < -0.3 is 9.84 Å². The molecule has 0 unspecified atom stereocenters. The van der Waals surface area contributed by atoms with Gasteiger partial charge in [-0.1, -0.05) is 0 Å². The number of hydrogen-bond donors (Lipinski definition) is 2. The summed E-state index contributed by atoms with van der Waals surface area (Å²) in [6, 6.07) is -0.614. The van der Waals surface area contributed by atoms with Crippen LogP contribution < -0.4 is 5.32 Å². The lowest BCUT2D eigenvalue weighted by molar-refractivity contribution is -0.156. The number of esters is 1. The molecule has 1 aromatic rings. The van der Waals surface area contributed by atoms with Crippen LogP contribution in [0.5, 0.6) is 0 Å². The van der Waals surface area contributed by atoms with Gasteiger partial charge in [0, 0.05) is 31.9 Å². The molecule has 2 amide bonds. The van der Waals surface area contributed by atoms with Crippen LogP contribution in [-0.2, 0) is 26.2 Å². The molecule has 1 aromatic heterocycles. The lowest BCUT2D eigenvalue weighted by Crippen LogP contribution is -2.58. The van der Waals surface area contributed by atoms with E-state index in [1.54, 1.807) is 24.9 Å². The van der Waals surface area contributed by atoms with Crippen molar-refractivity contribution in [3.63, 3.8) is 0 Å². The van der Waals surface area contributed by atoms with Crippen molar-refractivity contribution in [3.8, 4) is 0 Å². The van der Waals surface area contributed by atoms with Gasteiger partial charge in [0.05, 0.1) is 31.2 Å². The number of aryl methyl sites for hydroxylation is 2. The van der Waals surface area contributed by atoms with Gasteiger partial charge in [0.15, 0.2) is 5.54 Å². The number of carbonyl (C=O) groups is 3. The summed E-state index contributed by atoms with van der Waals surface area (Å²) in [5.41, 5.74) is -0.255. The molecule has 2 aliphatic heterocycles. The summed E-state index contributed by atoms with van der Waals surface area (Å²) in [6.45, 7) is 1.14. The molecule has 4 atom stereocenters. The number of aromatic nitrogens is 2. The molecular formula is C15H20N4O5. The Bertz CT molecular complexity index is 729. The number of imide groups is 1. The minimum absolute atomic E-state index is 0.384. The van der Waals surface area contributed by atoms with E-state index in [2.05, 4.69) is 10.4 Å². The van der Waals surface area contributed by atoms with Crippen molar-refractivity contribution >= 4 is 17.8 Å². The monoisotopic (exact) mass is 336 g/mol. The normalized spacial score (nSPS) is 32.4. The average Bonchev–Trinajstić information content (AvgIpc) is 3.15. The molecule has 9 heteroatoms. The van der Waals surface area contributed by atoms with Crippen LogP contribution in [0, 0.1) is 18.8 Å². The summed E-state index contributed by atoms with van der Waals surface area (Å²) in [7, 11) is 4.32. The fourth-order valence-electron chi connectivity index (χ4n) is 3.92. The predicted octanol–water partition coefficient (Wildman–Crippen LogP) is -1.49. The number of hydrogen-bond acceptors (Lipinski definition) is 7. The van der Waals surface area contributed by atoms with E-state index in [1.807, 2.05) is 0 Å². The Morgan fingerprint density at radius 1 is 1.42 bits per heavy atom. The molecule has 9 nitrogen and oxygen atoms in total. The Hall–Kier alpha value is -2.26. The SMILES string of the molecule is COC(=O)[C@@]1(CO)N[C@@H](c2cn(C)nc2C)[C@H]2C(=O)N(C)C(=O)[C@H]21. The molecule has 3 heterocycles. The third-order valence-corrected chi connectivity index (χ3v) is 5.06. The summed E-state index contributed by atoms with van der Waals surface area (Å²) in [6.07, 6.45) is 1.74. The number of nitrogens with zero attached hydrogens (tertiary/aromatic N) is 3. The highest BCUT2D eigenvalue weighted by Crippen LogP contribution is 2.49. The van der Waals surface area contributed by atoms with Crippen molar-refractivity contribution in [2.45, 2.75) is 18.5 Å². The van der Waals surface area contributed by atoms with Crippen molar-refractivity contribution < 1.29 is 24.2 Å². The quantitative estimate of drug-likeness (QED) is 0.510. The second-order valence-electron chi connectivity index (χ2n) is 6.33. The highest BCUT2D eigenvalue weighted by atomic mass is 16.5. The van der Waals surface area contributed by atoms with E-state index in [0.29, 0.717) is 11.3 Å². The number of methoxy groups -OCH3 is 1. The lowest BCUT2D eigenvalue weighted by Gasteiger charge is -2.29. The van der Waals surface area contributed by atoms with Gasteiger partial charge in [-0.15, -0.1) is 0 Å². The molecule has 0 aliphatic carbocycles. The van der Waals surface area contributed by atoms with E-state index < -0.39 is 41.9 Å². The van der Waals surface area contributed by atoms with Gasteiger partial charge in [-0.3, -0.25) is 24.5 Å². The molecule has 0 radical (unpaired) electrons. The molecule has 130 valence electrons. The van der Waals surface area contributed by atoms with Gasteiger partial charge in [0.25, 0.3) is 0 Å². The van der Waals surface area contributed by atoms with E-state index in [0.717, 1.165) is 4.90 Å². The number of nitrogens with one attached hydrogen (secondary N) is 1. The van der Waals surface area contributed by atoms with E-state index in [-0.39, 0.29) is 5.91 Å². The summed E-state index contributed by atoms with van der Waals surface area (Å²) in [4.78, 5) is 38.6. The minimum atomic E-state index is -1.65. The maximum Gasteiger partial charge on any atom is 0.329 e. The fraction of sp³-hybridized carbons (Fsp3) is 0.600.